The Morgan fingerprint density at radius 2 is 1.63 bits per heavy atom. The van der Waals surface area contributed by atoms with E-state index in [4.69, 9.17) is 9.84 Å². The number of alkyl carbamates (subject to hydrolysis) is 1. The first-order valence-electron chi connectivity index (χ1n) is 12.3. The molecule has 3 rings (SSSR count). The van der Waals surface area contributed by atoms with Gasteiger partial charge in [0.25, 0.3) is 0 Å². The number of hydrogen-bond acceptors (Lipinski definition) is 4. The van der Waals surface area contributed by atoms with Gasteiger partial charge in [0.1, 0.15) is 6.61 Å². The van der Waals surface area contributed by atoms with Gasteiger partial charge in [-0.1, -0.05) is 68.3 Å². The number of nitrogens with one attached hydrogen (secondary N) is 2. The second kappa shape index (κ2) is 11.9. The van der Waals surface area contributed by atoms with Gasteiger partial charge < -0.3 is 20.5 Å². The van der Waals surface area contributed by atoms with E-state index in [-0.39, 0.29) is 37.3 Å². The van der Waals surface area contributed by atoms with E-state index in [2.05, 4.69) is 41.8 Å². The molecule has 0 saturated heterocycles. The summed E-state index contributed by atoms with van der Waals surface area (Å²) in [5.41, 5.74) is 3.98. The number of fused-ring (bicyclic) bond motifs is 3. The van der Waals surface area contributed by atoms with E-state index in [1.54, 1.807) is 13.8 Å². The van der Waals surface area contributed by atoms with Crippen molar-refractivity contribution in [1.29, 1.82) is 0 Å². The maximum absolute atomic E-state index is 12.7. The first-order valence-corrected chi connectivity index (χ1v) is 12.3. The van der Waals surface area contributed by atoms with E-state index in [9.17, 15) is 14.4 Å². The smallest absolute Gasteiger partial charge is 0.407 e. The average Bonchev–Trinajstić information content (AvgIpc) is 3.13. The third-order valence-corrected chi connectivity index (χ3v) is 6.45. The summed E-state index contributed by atoms with van der Waals surface area (Å²) in [5.74, 6) is -1.15. The van der Waals surface area contributed by atoms with Crippen LogP contribution in [0.5, 0.6) is 0 Å². The van der Waals surface area contributed by atoms with Gasteiger partial charge in [0.2, 0.25) is 5.91 Å². The molecule has 0 heterocycles. The first kappa shape index (κ1) is 26.3. The zero-order chi connectivity index (χ0) is 25.4. The van der Waals surface area contributed by atoms with Crippen LogP contribution in [0.3, 0.4) is 0 Å². The molecular formula is C28H36N2O5. The van der Waals surface area contributed by atoms with Gasteiger partial charge in [-0.3, -0.25) is 9.59 Å². The molecule has 1 aliphatic rings. The Morgan fingerprint density at radius 3 is 2.20 bits per heavy atom. The Hall–Kier alpha value is -3.35. The molecular weight excluding hydrogens is 444 g/mol. The highest BCUT2D eigenvalue weighted by molar-refractivity contribution is 5.80. The van der Waals surface area contributed by atoms with Crippen LogP contribution in [-0.2, 0) is 14.3 Å². The van der Waals surface area contributed by atoms with Crippen LogP contribution >= 0.6 is 0 Å². The molecule has 0 unspecified atom stereocenters. The number of carbonyl (C=O) groups is 3. The molecule has 1 aliphatic carbocycles. The van der Waals surface area contributed by atoms with Crippen LogP contribution in [0, 0.1) is 0 Å². The molecule has 3 N–H and O–H groups in total. The van der Waals surface area contributed by atoms with Crippen LogP contribution in [0.15, 0.2) is 48.5 Å². The number of benzene rings is 2. The summed E-state index contributed by atoms with van der Waals surface area (Å²) in [7, 11) is 0. The molecule has 1 atom stereocenters. The van der Waals surface area contributed by atoms with Crippen molar-refractivity contribution < 1.29 is 24.2 Å². The second-order valence-electron chi connectivity index (χ2n) is 9.84. The van der Waals surface area contributed by atoms with Gasteiger partial charge in [-0.05, 0) is 48.9 Å². The number of rotatable bonds is 12. The highest BCUT2D eigenvalue weighted by Crippen LogP contribution is 2.44. The number of carboxylic acid groups (broad SMARTS) is 1. The summed E-state index contributed by atoms with van der Waals surface area (Å²) >= 11 is 0. The van der Waals surface area contributed by atoms with Crippen LogP contribution in [-0.4, -0.2) is 41.3 Å². The van der Waals surface area contributed by atoms with Crippen LogP contribution in [0.1, 0.15) is 76.3 Å². The largest absolute Gasteiger partial charge is 0.481 e. The molecule has 7 heteroatoms. The van der Waals surface area contributed by atoms with E-state index >= 15 is 0 Å². The fourth-order valence-corrected chi connectivity index (χ4v) is 4.62. The van der Waals surface area contributed by atoms with E-state index in [1.165, 1.54) is 11.1 Å². The highest BCUT2D eigenvalue weighted by atomic mass is 16.5. The maximum atomic E-state index is 12.7. The fourth-order valence-electron chi connectivity index (χ4n) is 4.62. The molecule has 0 fully saturated rings. The van der Waals surface area contributed by atoms with E-state index in [0.29, 0.717) is 12.8 Å². The van der Waals surface area contributed by atoms with E-state index in [1.807, 2.05) is 24.3 Å². The van der Waals surface area contributed by atoms with Crippen molar-refractivity contribution in [3.63, 3.8) is 0 Å². The normalized spacial score (nSPS) is 13.5. The minimum Gasteiger partial charge on any atom is -0.481 e. The number of aliphatic carboxylic acids is 1. The van der Waals surface area contributed by atoms with Crippen molar-refractivity contribution >= 4 is 18.0 Å². The molecule has 188 valence electrons. The molecule has 0 aromatic heterocycles. The van der Waals surface area contributed by atoms with Gasteiger partial charge in [0, 0.05) is 30.3 Å². The first-order chi connectivity index (χ1) is 16.7. The zero-order valence-electron chi connectivity index (χ0n) is 20.8. The summed E-state index contributed by atoms with van der Waals surface area (Å²) in [6, 6.07) is 16.0. The number of unbranched alkanes of at least 4 members (excludes halogenated alkanes) is 1. The molecule has 0 bridgehead atoms. The Bertz CT molecular complexity index is 1000. The SMILES string of the molecule is CCCC[C@@H](CC(=O)NC(C)(C)CCC(=O)O)NC(=O)OCC1c2ccccc2-c2ccccc21. The summed E-state index contributed by atoms with van der Waals surface area (Å²) < 4.78 is 5.65. The lowest BCUT2D eigenvalue weighted by Crippen LogP contribution is -2.47. The van der Waals surface area contributed by atoms with Gasteiger partial charge in [0.05, 0.1) is 0 Å². The number of hydrogen-bond donors (Lipinski definition) is 3. The molecule has 2 aromatic rings. The average molecular weight is 481 g/mol. The Labute approximate surface area is 207 Å². The predicted octanol–water partition coefficient (Wildman–Crippen LogP) is 5.23. The maximum Gasteiger partial charge on any atom is 0.407 e. The van der Waals surface area contributed by atoms with Crippen LogP contribution < -0.4 is 10.6 Å². The molecule has 2 amide bonds. The molecule has 0 spiro atoms. The van der Waals surface area contributed by atoms with Crippen molar-refractivity contribution in [1.82, 2.24) is 10.6 Å². The van der Waals surface area contributed by atoms with Crippen molar-refractivity contribution in [2.75, 3.05) is 6.61 Å². The summed E-state index contributed by atoms with van der Waals surface area (Å²) in [6.45, 7) is 5.87. The van der Waals surface area contributed by atoms with Crippen LogP contribution in [0.4, 0.5) is 4.79 Å². The monoisotopic (exact) mass is 480 g/mol. The summed E-state index contributed by atoms with van der Waals surface area (Å²) in [6.07, 6.45) is 2.34. The quantitative estimate of drug-likeness (QED) is 0.386. The molecule has 0 aliphatic heterocycles. The number of ether oxygens (including phenoxy) is 1. The van der Waals surface area contributed by atoms with Gasteiger partial charge in [-0.15, -0.1) is 0 Å². The molecule has 0 saturated carbocycles. The standard InChI is InChI=1S/C28H36N2O5/c1-4-5-10-19(17-25(31)30-28(2,3)16-15-26(32)33)29-27(34)35-18-24-22-13-8-6-11-20(22)21-12-7-9-14-23(21)24/h6-9,11-14,19,24H,4-5,10,15-18H2,1-3H3,(H,29,34)(H,30,31)(H,32,33)/t19-/m0/s1. The van der Waals surface area contributed by atoms with Crippen LogP contribution in [0.25, 0.3) is 11.1 Å². The van der Waals surface area contributed by atoms with Gasteiger partial charge in [-0.25, -0.2) is 4.79 Å². The topological polar surface area (TPSA) is 105 Å². The second-order valence-corrected chi connectivity index (χ2v) is 9.84. The zero-order valence-corrected chi connectivity index (χ0v) is 20.8. The van der Waals surface area contributed by atoms with Crippen molar-refractivity contribution in [3.05, 3.63) is 59.7 Å². The van der Waals surface area contributed by atoms with Gasteiger partial charge in [0.15, 0.2) is 0 Å². The van der Waals surface area contributed by atoms with Crippen molar-refractivity contribution in [3.8, 4) is 11.1 Å². The Kier molecular flexibility index (Phi) is 8.90. The number of amides is 2. The number of carbonyl (C=O) groups excluding carboxylic acids is 2. The fraction of sp³-hybridized carbons (Fsp3) is 0.464. The van der Waals surface area contributed by atoms with Crippen LogP contribution in [0.2, 0.25) is 0 Å². The predicted molar refractivity (Wildman–Crippen MR) is 135 cm³/mol. The lowest BCUT2D eigenvalue weighted by Gasteiger charge is -2.27. The third kappa shape index (κ3) is 7.31. The lowest BCUT2D eigenvalue weighted by atomic mass is 9.97. The van der Waals surface area contributed by atoms with E-state index < -0.39 is 17.6 Å². The molecule has 7 nitrogen and oxygen atoms in total. The number of carboxylic acids is 1. The van der Waals surface area contributed by atoms with Crippen molar-refractivity contribution in [2.45, 2.75) is 76.8 Å². The molecule has 35 heavy (non-hydrogen) atoms. The van der Waals surface area contributed by atoms with Crippen molar-refractivity contribution in [2.24, 2.45) is 0 Å². The lowest BCUT2D eigenvalue weighted by molar-refractivity contribution is -0.137. The van der Waals surface area contributed by atoms with E-state index in [0.717, 1.165) is 24.0 Å². The Balaban J connectivity index is 1.58. The minimum absolute atomic E-state index is 0.0233. The highest BCUT2D eigenvalue weighted by Gasteiger charge is 2.29. The van der Waals surface area contributed by atoms with Gasteiger partial charge >= 0.3 is 12.1 Å². The van der Waals surface area contributed by atoms with Gasteiger partial charge in [-0.2, -0.15) is 0 Å². The molecule has 2 aromatic carbocycles. The third-order valence-electron chi connectivity index (χ3n) is 6.45. The minimum atomic E-state index is -0.898. The molecule has 0 radical (unpaired) electrons. The summed E-state index contributed by atoms with van der Waals surface area (Å²) in [4.78, 5) is 36.2. The Morgan fingerprint density at radius 1 is 1.03 bits per heavy atom. The summed E-state index contributed by atoms with van der Waals surface area (Å²) in [5, 5.41) is 14.7.